The summed E-state index contributed by atoms with van der Waals surface area (Å²) >= 11 is 6.58. The van der Waals surface area contributed by atoms with Crippen molar-refractivity contribution in [1.29, 1.82) is 0 Å². The minimum atomic E-state index is 0.346. The highest BCUT2D eigenvalue weighted by Crippen LogP contribution is 2.36. The second kappa shape index (κ2) is 8.47. The molecule has 1 aliphatic carbocycles. The topological polar surface area (TPSA) is 24.9 Å². The highest BCUT2D eigenvalue weighted by Gasteiger charge is 2.32. The molecule has 3 aliphatic rings. The van der Waals surface area contributed by atoms with Gasteiger partial charge in [-0.3, -0.25) is 9.80 Å². The molecule has 1 aromatic rings. The molecular weight excluding hydrogens is 348 g/mol. The Morgan fingerprint density at radius 1 is 1.15 bits per heavy atom. The van der Waals surface area contributed by atoms with Crippen LogP contribution in [0.4, 0.5) is 0 Å². The van der Waals surface area contributed by atoms with Gasteiger partial charge in [0.1, 0.15) is 5.75 Å². The molecule has 4 rings (SSSR count). The lowest BCUT2D eigenvalue weighted by Crippen LogP contribution is -2.45. The first-order valence-corrected chi connectivity index (χ1v) is 10.6. The fraction of sp³-hybridized carbons (Fsp3) is 0.714. The molecule has 26 heavy (non-hydrogen) atoms. The summed E-state index contributed by atoms with van der Waals surface area (Å²) in [6.45, 7) is 9.74. The van der Waals surface area contributed by atoms with Crippen molar-refractivity contribution >= 4 is 11.6 Å². The molecule has 3 fully saturated rings. The molecule has 1 atom stereocenters. The van der Waals surface area contributed by atoms with E-state index in [9.17, 15) is 0 Å². The number of likely N-dealkylation sites (tertiary alicyclic amines) is 1. The van der Waals surface area contributed by atoms with E-state index in [2.05, 4.69) is 28.9 Å². The molecular formula is C21H31ClN2O2. The van der Waals surface area contributed by atoms with Crippen LogP contribution in [0.1, 0.15) is 44.2 Å². The molecule has 0 aromatic heterocycles. The Labute approximate surface area is 162 Å². The molecule has 1 saturated carbocycles. The van der Waals surface area contributed by atoms with Gasteiger partial charge in [-0.2, -0.15) is 0 Å². The van der Waals surface area contributed by atoms with Crippen LogP contribution in [0.2, 0.25) is 5.02 Å². The van der Waals surface area contributed by atoms with E-state index in [4.69, 9.17) is 21.1 Å². The molecule has 0 amide bonds. The normalized spacial score (nSPS) is 28.7. The third-order valence-electron chi connectivity index (χ3n) is 6.23. The van der Waals surface area contributed by atoms with E-state index >= 15 is 0 Å². The van der Waals surface area contributed by atoms with Crippen molar-refractivity contribution < 1.29 is 9.47 Å². The first-order valence-electron chi connectivity index (χ1n) is 10.2. The summed E-state index contributed by atoms with van der Waals surface area (Å²) < 4.78 is 11.6. The predicted molar refractivity (Wildman–Crippen MR) is 105 cm³/mol. The SMILES string of the molecule is C[C@@H](c1ccc(OC2CC(CN3CCOCC3)C2)cc1Cl)N1CCCC1. The van der Waals surface area contributed by atoms with Crippen LogP contribution < -0.4 is 4.74 Å². The molecule has 144 valence electrons. The Morgan fingerprint density at radius 2 is 1.88 bits per heavy atom. The van der Waals surface area contributed by atoms with Gasteiger partial charge in [0, 0.05) is 30.7 Å². The number of ether oxygens (including phenoxy) is 2. The van der Waals surface area contributed by atoms with Gasteiger partial charge in [-0.05, 0) is 69.3 Å². The first kappa shape index (κ1) is 18.5. The quantitative estimate of drug-likeness (QED) is 0.747. The molecule has 0 N–H and O–H groups in total. The fourth-order valence-electron chi connectivity index (χ4n) is 4.51. The largest absolute Gasteiger partial charge is 0.490 e. The average Bonchev–Trinajstić information content (AvgIpc) is 3.15. The third-order valence-corrected chi connectivity index (χ3v) is 6.55. The van der Waals surface area contributed by atoms with E-state index in [0.717, 1.165) is 55.8 Å². The van der Waals surface area contributed by atoms with Gasteiger partial charge < -0.3 is 9.47 Å². The van der Waals surface area contributed by atoms with Crippen molar-refractivity contribution in [2.75, 3.05) is 45.9 Å². The highest BCUT2D eigenvalue weighted by atomic mass is 35.5. The van der Waals surface area contributed by atoms with E-state index < -0.39 is 0 Å². The number of rotatable bonds is 6. The van der Waals surface area contributed by atoms with Gasteiger partial charge in [-0.15, -0.1) is 0 Å². The van der Waals surface area contributed by atoms with Crippen molar-refractivity contribution in [1.82, 2.24) is 9.80 Å². The Balaban J connectivity index is 1.26. The summed E-state index contributed by atoms with van der Waals surface area (Å²) in [4.78, 5) is 5.04. The Morgan fingerprint density at radius 3 is 2.58 bits per heavy atom. The monoisotopic (exact) mass is 378 g/mol. The summed E-state index contributed by atoms with van der Waals surface area (Å²) in [5.74, 6) is 1.69. The van der Waals surface area contributed by atoms with Gasteiger partial charge in [0.15, 0.2) is 0 Å². The van der Waals surface area contributed by atoms with E-state index in [1.807, 2.05) is 6.07 Å². The van der Waals surface area contributed by atoms with Crippen LogP contribution in [-0.4, -0.2) is 61.8 Å². The lowest BCUT2D eigenvalue weighted by molar-refractivity contribution is 0.000134. The second-order valence-corrected chi connectivity index (χ2v) is 8.50. The molecule has 2 aliphatic heterocycles. The Kier molecular flexibility index (Phi) is 6.04. The number of nitrogens with zero attached hydrogens (tertiary/aromatic N) is 2. The molecule has 5 heteroatoms. The van der Waals surface area contributed by atoms with Gasteiger partial charge >= 0.3 is 0 Å². The van der Waals surface area contributed by atoms with Crippen molar-refractivity contribution in [3.63, 3.8) is 0 Å². The average molecular weight is 379 g/mol. The smallest absolute Gasteiger partial charge is 0.121 e. The zero-order chi connectivity index (χ0) is 17.9. The first-order chi connectivity index (χ1) is 12.7. The van der Waals surface area contributed by atoms with Gasteiger partial charge in [0.05, 0.1) is 19.3 Å². The molecule has 0 unspecified atom stereocenters. The van der Waals surface area contributed by atoms with Crippen LogP contribution >= 0.6 is 11.6 Å². The van der Waals surface area contributed by atoms with Crippen molar-refractivity contribution in [2.45, 2.75) is 44.8 Å². The van der Waals surface area contributed by atoms with Gasteiger partial charge in [0.2, 0.25) is 0 Å². The number of hydrogen-bond donors (Lipinski definition) is 0. The van der Waals surface area contributed by atoms with E-state index in [1.54, 1.807) is 0 Å². The summed E-state index contributed by atoms with van der Waals surface area (Å²) in [5, 5.41) is 0.839. The fourth-order valence-corrected chi connectivity index (χ4v) is 4.84. The molecule has 0 spiro atoms. The maximum atomic E-state index is 6.58. The number of halogens is 1. The highest BCUT2D eigenvalue weighted by molar-refractivity contribution is 6.31. The van der Waals surface area contributed by atoms with Crippen molar-refractivity contribution in [2.24, 2.45) is 5.92 Å². The van der Waals surface area contributed by atoms with Crippen LogP contribution in [0.15, 0.2) is 18.2 Å². The maximum absolute atomic E-state index is 6.58. The number of morpholine rings is 1. The van der Waals surface area contributed by atoms with Crippen molar-refractivity contribution in [3.8, 4) is 5.75 Å². The van der Waals surface area contributed by atoms with Crippen LogP contribution in [0.5, 0.6) is 5.75 Å². The van der Waals surface area contributed by atoms with Crippen LogP contribution in [0, 0.1) is 5.92 Å². The Bertz CT molecular complexity index is 594. The lowest BCUT2D eigenvalue weighted by Gasteiger charge is -2.39. The molecule has 0 bridgehead atoms. The number of hydrogen-bond acceptors (Lipinski definition) is 4. The molecule has 0 radical (unpaired) electrons. The number of benzene rings is 1. The third kappa shape index (κ3) is 4.36. The Hall–Kier alpha value is -0.810. The molecule has 2 heterocycles. The zero-order valence-electron chi connectivity index (χ0n) is 15.8. The second-order valence-electron chi connectivity index (χ2n) is 8.09. The van der Waals surface area contributed by atoms with E-state index in [0.29, 0.717) is 12.1 Å². The predicted octanol–water partition coefficient (Wildman–Crippen LogP) is 3.99. The minimum absolute atomic E-state index is 0.346. The van der Waals surface area contributed by atoms with Gasteiger partial charge in [-0.25, -0.2) is 0 Å². The van der Waals surface area contributed by atoms with Crippen LogP contribution in [0.25, 0.3) is 0 Å². The van der Waals surface area contributed by atoms with Gasteiger partial charge in [0.25, 0.3) is 0 Å². The lowest BCUT2D eigenvalue weighted by atomic mass is 9.82. The van der Waals surface area contributed by atoms with Crippen LogP contribution in [0.3, 0.4) is 0 Å². The van der Waals surface area contributed by atoms with E-state index in [-0.39, 0.29) is 0 Å². The summed E-state index contributed by atoms with van der Waals surface area (Å²) in [7, 11) is 0. The zero-order valence-corrected chi connectivity index (χ0v) is 16.6. The summed E-state index contributed by atoms with van der Waals surface area (Å²) in [5.41, 5.74) is 1.22. The summed E-state index contributed by atoms with van der Waals surface area (Å²) in [6.07, 6.45) is 5.26. The molecule has 4 nitrogen and oxygen atoms in total. The standard InChI is InChI=1S/C21H31ClN2O2/c1-16(24-6-2-3-7-24)20-5-4-18(14-21(20)22)26-19-12-17(13-19)15-23-8-10-25-11-9-23/h4-5,14,16-17,19H,2-3,6-13,15H2,1H3/t16-,17?,19?/m0/s1. The van der Waals surface area contributed by atoms with Crippen molar-refractivity contribution in [3.05, 3.63) is 28.8 Å². The van der Waals surface area contributed by atoms with Gasteiger partial charge in [-0.1, -0.05) is 17.7 Å². The molecule has 1 aromatic carbocycles. The minimum Gasteiger partial charge on any atom is -0.490 e. The molecule has 2 saturated heterocycles. The van der Waals surface area contributed by atoms with Crippen LogP contribution in [-0.2, 0) is 4.74 Å². The maximum Gasteiger partial charge on any atom is 0.121 e. The summed E-state index contributed by atoms with van der Waals surface area (Å²) in [6, 6.07) is 6.66. The van der Waals surface area contributed by atoms with E-state index in [1.165, 1.54) is 38.0 Å².